The van der Waals surface area contributed by atoms with E-state index < -0.39 is 5.92 Å². The van der Waals surface area contributed by atoms with Crippen LogP contribution in [0.2, 0.25) is 5.02 Å². The van der Waals surface area contributed by atoms with Crippen LogP contribution in [0.4, 0.5) is 5.69 Å². The van der Waals surface area contributed by atoms with Crippen molar-refractivity contribution in [3.05, 3.63) is 87.3 Å². The molecule has 3 aliphatic rings. The summed E-state index contributed by atoms with van der Waals surface area (Å²) in [6.45, 7) is 4.20. The van der Waals surface area contributed by atoms with Crippen LogP contribution < -0.4 is 10.6 Å². The maximum atomic E-state index is 13.5. The molecule has 2 aromatic rings. The highest BCUT2D eigenvalue weighted by Gasteiger charge is 2.46. The number of anilines is 1. The van der Waals surface area contributed by atoms with Gasteiger partial charge in [0.2, 0.25) is 0 Å². The second-order valence-corrected chi connectivity index (χ2v) is 9.42. The molecule has 1 atom stereocenters. The first-order valence-electron chi connectivity index (χ1n) is 10.2. The Labute approximate surface area is 186 Å². The number of para-hydroxylation sites is 1. The van der Waals surface area contributed by atoms with E-state index in [4.69, 9.17) is 17.3 Å². The molecule has 2 heterocycles. The van der Waals surface area contributed by atoms with Crippen molar-refractivity contribution in [2.75, 3.05) is 4.90 Å². The molecule has 5 rings (SSSR count). The molecule has 154 valence electrons. The number of carbonyl (C=O) groups excluding carboxylic acids is 1. The van der Waals surface area contributed by atoms with Crippen LogP contribution in [0.3, 0.4) is 0 Å². The SMILES string of the molecule is CC1(C)CC(=O)C2=C(C1)N1C(=C(C#N)[C@@H]2c2ccc(Cl)cc2)N=C(N)c2ccccc21. The number of rotatable bonds is 1. The molecule has 0 unspecified atom stereocenters. The Kier molecular flexibility index (Phi) is 4.32. The standard InChI is InChI=1S/C25H21ClN4O/c1-25(2)11-19-22(20(31)12-25)21(14-7-9-15(26)10-8-14)17(13-27)24-29-23(28)16-5-3-4-6-18(16)30(19)24/h3-10,21H,11-12H2,1-2H3,(H2,28,29)/t21-/m0/s1. The lowest BCUT2D eigenvalue weighted by atomic mass is 9.68. The Morgan fingerprint density at radius 1 is 1.16 bits per heavy atom. The molecule has 2 N–H and O–H groups in total. The number of fused-ring (bicyclic) bond motifs is 4. The highest BCUT2D eigenvalue weighted by Crippen LogP contribution is 2.52. The van der Waals surface area contributed by atoms with Crippen molar-refractivity contribution in [1.82, 2.24) is 0 Å². The summed E-state index contributed by atoms with van der Waals surface area (Å²) in [5.74, 6) is 0.449. The molecule has 0 aromatic heterocycles. The number of aliphatic imine (C=N–C) groups is 1. The smallest absolute Gasteiger partial charge is 0.162 e. The molecule has 6 heteroatoms. The van der Waals surface area contributed by atoms with E-state index in [0.29, 0.717) is 40.7 Å². The summed E-state index contributed by atoms with van der Waals surface area (Å²) in [4.78, 5) is 20.1. The van der Waals surface area contributed by atoms with Crippen LogP contribution >= 0.6 is 11.6 Å². The van der Waals surface area contributed by atoms with Crippen molar-refractivity contribution in [3.8, 4) is 6.07 Å². The van der Waals surface area contributed by atoms with Gasteiger partial charge < -0.3 is 5.73 Å². The fourth-order valence-electron chi connectivity index (χ4n) is 4.88. The van der Waals surface area contributed by atoms with E-state index in [0.717, 1.165) is 22.5 Å². The molecule has 0 amide bonds. The Balaban J connectivity index is 1.84. The Bertz CT molecular complexity index is 1260. The highest BCUT2D eigenvalue weighted by atomic mass is 35.5. The molecule has 31 heavy (non-hydrogen) atoms. The van der Waals surface area contributed by atoms with Gasteiger partial charge in [-0.3, -0.25) is 9.69 Å². The van der Waals surface area contributed by atoms with Gasteiger partial charge in [-0.05, 0) is 41.7 Å². The van der Waals surface area contributed by atoms with Crippen molar-refractivity contribution in [2.24, 2.45) is 16.1 Å². The third-order valence-corrected chi connectivity index (χ3v) is 6.42. The molecule has 0 saturated heterocycles. The Morgan fingerprint density at radius 3 is 2.58 bits per heavy atom. The first-order chi connectivity index (χ1) is 14.8. The highest BCUT2D eigenvalue weighted by molar-refractivity contribution is 6.30. The third kappa shape index (κ3) is 2.98. The summed E-state index contributed by atoms with van der Waals surface area (Å²) in [5.41, 5.74) is 10.6. The third-order valence-electron chi connectivity index (χ3n) is 6.17. The minimum Gasteiger partial charge on any atom is -0.383 e. The summed E-state index contributed by atoms with van der Waals surface area (Å²) in [6, 6.07) is 17.4. The van der Waals surface area contributed by atoms with Gasteiger partial charge in [0.1, 0.15) is 5.84 Å². The largest absolute Gasteiger partial charge is 0.383 e. The molecule has 0 fully saturated rings. The molecule has 0 saturated carbocycles. The van der Waals surface area contributed by atoms with Crippen LogP contribution in [-0.4, -0.2) is 11.6 Å². The predicted octanol–water partition coefficient (Wildman–Crippen LogP) is 5.04. The zero-order valence-electron chi connectivity index (χ0n) is 17.3. The summed E-state index contributed by atoms with van der Waals surface area (Å²) in [6.07, 6.45) is 1.13. The lowest BCUT2D eigenvalue weighted by molar-refractivity contribution is -0.118. The van der Waals surface area contributed by atoms with E-state index >= 15 is 0 Å². The first-order valence-corrected chi connectivity index (χ1v) is 10.6. The van der Waals surface area contributed by atoms with Crippen molar-refractivity contribution in [3.63, 3.8) is 0 Å². The van der Waals surface area contributed by atoms with E-state index in [-0.39, 0.29) is 11.2 Å². The minimum atomic E-state index is -0.492. The fraction of sp³-hybridized carbons (Fsp3) is 0.240. The zero-order chi connectivity index (χ0) is 21.9. The molecule has 2 aliphatic heterocycles. The lowest BCUT2D eigenvalue weighted by Crippen LogP contribution is -2.42. The first kappa shape index (κ1) is 19.6. The van der Waals surface area contributed by atoms with Crippen LogP contribution in [0.25, 0.3) is 0 Å². The molecule has 2 aromatic carbocycles. The van der Waals surface area contributed by atoms with Gasteiger partial charge >= 0.3 is 0 Å². The van der Waals surface area contributed by atoms with Crippen molar-refractivity contribution in [2.45, 2.75) is 32.6 Å². The number of carbonyl (C=O) groups is 1. The number of benzene rings is 2. The number of allylic oxidation sites excluding steroid dienone is 3. The molecule has 0 bridgehead atoms. The maximum Gasteiger partial charge on any atom is 0.162 e. The normalized spacial score (nSPS) is 21.7. The maximum absolute atomic E-state index is 13.5. The molecule has 0 spiro atoms. The van der Waals surface area contributed by atoms with E-state index in [2.05, 4.69) is 24.9 Å². The van der Waals surface area contributed by atoms with Gasteiger partial charge in [0.25, 0.3) is 0 Å². The van der Waals surface area contributed by atoms with Gasteiger partial charge in [0, 0.05) is 28.3 Å². The van der Waals surface area contributed by atoms with Crippen LogP contribution in [0.5, 0.6) is 0 Å². The summed E-state index contributed by atoms with van der Waals surface area (Å²) in [5, 5.41) is 10.8. The second kappa shape index (κ2) is 6.83. The fourth-order valence-corrected chi connectivity index (χ4v) is 5.01. The number of amidine groups is 1. The Hall–Kier alpha value is -3.36. The number of ketones is 1. The number of Topliss-reactive ketones (excluding diaryl/α,β-unsaturated/α-hetero) is 1. The van der Waals surface area contributed by atoms with Gasteiger partial charge in [-0.1, -0.05) is 49.7 Å². The van der Waals surface area contributed by atoms with Crippen LogP contribution in [-0.2, 0) is 4.79 Å². The molecule has 1 aliphatic carbocycles. The average molecular weight is 429 g/mol. The number of nitriles is 1. The van der Waals surface area contributed by atoms with Gasteiger partial charge in [0.15, 0.2) is 11.6 Å². The predicted molar refractivity (Wildman–Crippen MR) is 122 cm³/mol. The number of nitrogens with two attached hydrogens (primary N) is 1. The summed E-state index contributed by atoms with van der Waals surface area (Å²) < 4.78 is 0. The van der Waals surface area contributed by atoms with Gasteiger partial charge in [-0.15, -0.1) is 0 Å². The number of hydrogen-bond acceptors (Lipinski definition) is 5. The molecular weight excluding hydrogens is 408 g/mol. The van der Waals surface area contributed by atoms with E-state index in [1.165, 1.54) is 0 Å². The van der Waals surface area contributed by atoms with Crippen molar-refractivity contribution in [1.29, 1.82) is 5.26 Å². The van der Waals surface area contributed by atoms with E-state index in [1.807, 2.05) is 41.3 Å². The zero-order valence-corrected chi connectivity index (χ0v) is 18.1. The molecule has 5 nitrogen and oxygen atoms in total. The van der Waals surface area contributed by atoms with Gasteiger partial charge in [-0.2, -0.15) is 5.26 Å². The quantitative estimate of drug-likeness (QED) is 0.689. The number of nitrogens with zero attached hydrogens (tertiary/aromatic N) is 3. The lowest BCUT2D eigenvalue weighted by Gasteiger charge is -2.45. The van der Waals surface area contributed by atoms with Crippen molar-refractivity contribution < 1.29 is 4.79 Å². The summed E-state index contributed by atoms with van der Waals surface area (Å²) in [7, 11) is 0. The van der Waals surface area contributed by atoms with Crippen LogP contribution in [0.1, 0.15) is 43.7 Å². The minimum absolute atomic E-state index is 0.0676. The second-order valence-electron chi connectivity index (χ2n) is 8.98. The van der Waals surface area contributed by atoms with E-state index in [1.54, 1.807) is 12.1 Å². The summed E-state index contributed by atoms with van der Waals surface area (Å²) >= 11 is 6.11. The Morgan fingerprint density at radius 2 is 1.87 bits per heavy atom. The molecule has 0 radical (unpaired) electrons. The number of halogens is 1. The topological polar surface area (TPSA) is 82.5 Å². The molecular formula is C25H21ClN4O. The monoisotopic (exact) mass is 428 g/mol. The average Bonchev–Trinajstić information content (AvgIpc) is 2.72. The van der Waals surface area contributed by atoms with Crippen LogP contribution in [0, 0.1) is 16.7 Å². The van der Waals surface area contributed by atoms with Crippen molar-refractivity contribution >= 4 is 28.9 Å². The van der Waals surface area contributed by atoms with Gasteiger partial charge in [0.05, 0.1) is 23.2 Å². The van der Waals surface area contributed by atoms with Gasteiger partial charge in [-0.25, -0.2) is 4.99 Å². The number of hydrogen-bond donors (Lipinski definition) is 1. The van der Waals surface area contributed by atoms with Crippen LogP contribution in [0.15, 0.2) is 76.2 Å². The van der Waals surface area contributed by atoms with E-state index in [9.17, 15) is 10.1 Å².